The molecule has 16 nitrogen and oxygen atoms in total. The molecule has 0 radical (unpaired) electrons. The number of carbonyl (C=O) groups excluding carboxylic acids is 3. The van der Waals surface area contributed by atoms with E-state index in [1.54, 1.807) is 0 Å². The van der Waals surface area contributed by atoms with Gasteiger partial charge in [0.1, 0.15) is 25.4 Å². The van der Waals surface area contributed by atoms with E-state index in [2.05, 4.69) is 191 Å². The first kappa shape index (κ1) is 108. The zero-order valence-corrected chi connectivity index (χ0v) is 72.8. The van der Waals surface area contributed by atoms with Crippen LogP contribution in [-0.4, -0.2) is 95.9 Å². The van der Waals surface area contributed by atoms with E-state index in [1.165, 1.54) is 122 Å². The number of unbranched alkanes of at least 4 members (excludes halogenated alkanes) is 32. The Morgan fingerprint density at radius 2 is 0.469 bits per heavy atom. The number of hydrogen-bond acceptors (Lipinski definition) is 14. The molecule has 18 heteroatoms. The van der Waals surface area contributed by atoms with Gasteiger partial charge in [-0.25, -0.2) is 9.13 Å². The Balaban J connectivity index is 4.69. The van der Waals surface area contributed by atoms with Crippen LogP contribution in [0.25, 0.3) is 0 Å². The molecule has 5 unspecified atom stereocenters. The zero-order chi connectivity index (χ0) is 82.2. The van der Waals surface area contributed by atoms with Crippen LogP contribution in [0.2, 0.25) is 0 Å². The van der Waals surface area contributed by atoms with E-state index in [9.17, 15) is 43.5 Å². The van der Waals surface area contributed by atoms with Crippen molar-refractivity contribution in [2.24, 2.45) is 0 Å². The third kappa shape index (κ3) is 87.6. The molecule has 0 saturated heterocycles. The average molecular weight is 1620 g/mol. The smallest absolute Gasteiger partial charge is 0.463 e. The van der Waals surface area contributed by atoms with Crippen LogP contribution in [0.1, 0.15) is 355 Å². The Kier molecular flexibility index (Phi) is 82.4. The molecule has 0 aliphatic carbocycles. The van der Waals surface area contributed by atoms with Crippen LogP contribution >= 0.6 is 15.6 Å². The van der Waals surface area contributed by atoms with Crippen LogP contribution in [0.3, 0.4) is 0 Å². The van der Waals surface area contributed by atoms with Gasteiger partial charge in [-0.2, -0.15) is 0 Å². The first-order valence-corrected chi connectivity index (χ1v) is 47.4. The molecule has 646 valence electrons. The molecular weight excluding hydrogens is 1460 g/mol. The Hall–Kier alpha value is -5.09. The van der Waals surface area contributed by atoms with Crippen molar-refractivity contribution >= 4 is 33.6 Å². The summed E-state index contributed by atoms with van der Waals surface area (Å²) in [6.45, 7) is 2.44. The summed E-state index contributed by atoms with van der Waals surface area (Å²) in [5.41, 5.74) is 0. The first-order chi connectivity index (χ1) is 55.2. The van der Waals surface area contributed by atoms with Crippen LogP contribution in [0.4, 0.5) is 0 Å². The second-order valence-corrected chi connectivity index (χ2v) is 32.2. The van der Waals surface area contributed by atoms with Crippen molar-refractivity contribution in [3.8, 4) is 0 Å². The maximum atomic E-state index is 13.1. The number of phosphoric ester groups is 2. The molecule has 0 aromatic carbocycles. The number of hydrogen-bond donors (Lipinski definition) is 4. The minimum Gasteiger partial charge on any atom is -0.463 e. The summed E-state index contributed by atoms with van der Waals surface area (Å²) in [7, 11) is -9.82. The largest absolute Gasteiger partial charge is 0.472 e. The number of phosphoric acid groups is 2. The third-order valence-corrected chi connectivity index (χ3v) is 20.3. The van der Waals surface area contributed by atoms with Gasteiger partial charge in [-0.05, 0) is 154 Å². The lowest BCUT2D eigenvalue weighted by atomic mass is 10.0. The molecule has 0 fully saturated rings. The fourth-order valence-electron chi connectivity index (χ4n) is 11.7. The molecule has 4 N–H and O–H groups in total. The summed E-state index contributed by atoms with van der Waals surface area (Å²) in [5.74, 6) is -1.59. The van der Waals surface area contributed by atoms with Crippen molar-refractivity contribution in [3.63, 3.8) is 0 Å². The third-order valence-electron chi connectivity index (χ3n) is 18.4. The van der Waals surface area contributed by atoms with Gasteiger partial charge in [0.25, 0.3) is 0 Å². The van der Waals surface area contributed by atoms with Gasteiger partial charge >= 0.3 is 33.6 Å². The monoisotopic (exact) mass is 1620 g/mol. The molecule has 0 heterocycles. The van der Waals surface area contributed by atoms with Gasteiger partial charge in [-0.15, -0.1) is 0 Å². The van der Waals surface area contributed by atoms with Crippen molar-refractivity contribution in [2.45, 2.75) is 373 Å². The highest BCUT2D eigenvalue weighted by molar-refractivity contribution is 7.47. The van der Waals surface area contributed by atoms with Crippen LogP contribution in [0.5, 0.6) is 0 Å². The minimum atomic E-state index is -4.95. The van der Waals surface area contributed by atoms with E-state index in [1.807, 2.05) is 0 Å². The highest BCUT2D eigenvalue weighted by Gasteiger charge is 2.29. The van der Waals surface area contributed by atoms with Crippen LogP contribution in [0, 0.1) is 0 Å². The number of carbonyl (C=O) groups is 3. The normalized spacial score (nSPS) is 14.6. The standard InChI is InChI=1S/C95H160O16P2/c1-4-7-10-13-16-19-22-25-28-31-34-37-40-43-44-47-49-51-54-57-60-63-66-69-72-75-78-81-93(98)105-84-90(96)85-107-112(101,102)108-86-91(97)87-109-113(103,104)110-89-92(111-95(100)83-80-77-74-71-68-65-62-59-56-53-50-46-42-39-36-33-30-27-24-21-18-15-12-9-6-3)88-106-94(99)82-79-76-73-70-67-64-61-58-55-52-48-45-41-38-35-32-29-26-23-20-17-14-11-8-5-2/h8-9,11-12,16-21,25-30,34-39,43-46,48,50,90-92,96-97H,4-7,10,13-15,22-24,31-33,40-42,47,49,51-89H2,1-3H3,(H,101,102)(H,103,104)/b11-8-,12-9-,19-16-,20-17-,21-18-,28-25-,29-26-,30-27-,37-34-,38-35-,39-36-,44-43-,48-45-,50-46-. The van der Waals surface area contributed by atoms with Crippen LogP contribution in [-0.2, 0) is 55.8 Å². The highest BCUT2D eigenvalue weighted by atomic mass is 31.2. The lowest BCUT2D eigenvalue weighted by molar-refractivity contribution is -0.161. The minimum absolute atomic E-state index is 0.0899. The Morgan fingerprint density at radius 3 is 0.743 bits per heavy atom. The lowest BCUT2D eigenvalue weighted by Gasteiger charge is -2.21. The van der Waals surface area contributed by atoms with Crippen molar-refractivity contribution in [2.75, 3.05) is 39.6 Å². The molecule has 0 saturated carbocycles. The molecule has 0 spiro atoms. The molecule has 0 amide bonds. The molecule has 0 aliphatic rings. The number of ether oxygens (including phenoxy) is 3. The molecular formula is C95H160O16P2. The average Bonchev–Trinajstić information content (AvgIpc) is 0.906. The van der Waals surface area contributed by atoms with Gasteiger partial charge in [-0.1, -0.05) is 351 Å². The number of aliphatic hydroxyl groups is 2. The SMILES string of the molecule is CC/C=C\C/C=C\C/C=C\C/C=C\C/C=C\CCCCCCCCCCCC(=O)OCC(COP(=O)(O)OCC(O)COP(=O)(O)OCC(O)COC(=O)CCCCCCCCCCCCC/C=C\C/C=C\C/C=C\C/C=C\CCCCC)OC(=O)CCCCCCCCCCC/C=C\C/C=C\C/C=C\C/C=C\C/C=C\CC. The molecule has 0 aromatic rings. The lowest BCUT2D eigenvalue weighted by Crippen LogP contribution is -2.30. The number of aliphatic hydroxyl groups excluding tert-OH is 2. The Bertz CT molecular complexity index is 2730. The molecule has 5 atom stereocenters. The van der Waals surface area contributed by atoms with Crippen molar-refractivity contribution in [1.29, 1.82) is 0 Å². The summed E-state index contributed by atoms with van der Waals surface area (Å²) >= 11 is 0. The van der Waals surface area contributed by atoms with Gasteiger partial charge in [0.05, 0.1) is 26.4 Å². The molecule has 113 heavy (non-hydrogen) atoms. The van der Waals surface area contributed by atoms with Crippen LogP contribution < -0.4 is 0 Å². The van der Waals surface area contributed by atoms with E-state index in [0.717, 1.165) is 173 Å². The first-order valence-electron chi connectivity index (χ1n) is 44.4. The molecule has 0 rings (SSSR count). The summed E-state index contributed by atoms with van der Waals surface area (Å²) in [6, 6.07) is 0. The molecule has 0 bridgehead atoms. The molecule has 0 aromatic heterocycles. The van der Waals surface area contributed by atoms with Crippen molar-refractivity contribution in [1.82, 2.24) is 0 Å². The van der Waals surface area contributed by atoms with E-state index in [-0.39, 0.29) is 19.3 Å². The Morgan fingerprint density at radius 1 is 0.257 bits per heavy atom. The van der Waals surface area contributed by atoms with Gasteiger partial charge in [0.2, 0.25) is 0 Å². The van der Waals surface area contributed by atoms with Crippen molar-refractivity contribution < 1.29 is 75.8 Å². The Labute approximate surface area is 688 Å². The summed E-state index contributed by atoms with van der Waals surface area (Å²) < 4.78 is 61.4. The van der Waals surface area contributed by atoms with Crippen molar-refractivity contribution in [3.05, 3.63) is 170 Å². The predicted molar refractivity (Wildman–Crippen MR) is 472 cm³/mol. The van der Waals surface area contributed by atoms with Gasteiger partial charge < -0.3 is 34.2 Å². The molecule has 0 aliphatic heterocycles. The number of allylic oxidation sites excluding steroid dienone is 28. The predicted octanol–water partition coefficient (Wildman–Crippen LogP) is 27.1. The zero-order valence-electron chi connectivity index (χ0n) is 71.0. The number of esters is 3. The maximum absolute atomic E-state index is 13.1. The van der Waals surface area contributed by atoms with E-state index in [0.29, 0.717) is 19.3 Å². The van der Waals surface area contributed by atoms with E-state index >= 15 is 0 Å². The van der Waals surface area contributed by atoms with Gasteiger partial charge in [0, 0.05) is 19.3 Å². The van der Waals surface area contributed by atoms with Crippen LogP contribution in [0.15, 0.2) is 170 Å². The number of rotatable bonds is 83. The van der Waals surface area contributed by atoms with E-state index in [4.69, 9.17) is 32.3 Å². The quantitative estimate of drug-likeness (QED) is 0.0146. The fourth-order valence-corrected chi connectivity index (χ4v) is 13.3. The summed E-state index contributed by atoms with van der Waals surface area (Å²) in [4.78, 5) is 59.0. The highest BCUT2D eigenvalue weighted by Crippen LogP contribution is 2.45. The second-order valence-electron chi connectivity index (χ2n) is 29.3. The fraction of sp³-hybridized carbons (Fsp3) is 0.674. The maximum Gasteiger partial charge on any atom is 0.472 e. The van der Waals surface area contributed by atoms with Gasteiger partial charge in [0.15, 0.2) is 6.10 Å². The van der Waals surface area contributed by atoms with E-state index < -0.39 is 91.5 Å². The van der Waals surface area contributed by atoms with Gasteiger partial charge in [-0.3, -0.25) is 32.5 Å². The topological polar surface area (TPSA) is 231 Å². The summed E-state index contributed by atoms with van der Waals surface area (Å²) in [5, 5.41) is 20.7. The summed E-state index contributed by atoms with van der Waals surface area (Å²) in [6.07, 6.45) is 111. The second kappa shape index (κ2) is 86.3.